The maximum Gasteiger partial charge on any atom is 0.257 e. The number of pyridine rings is 1. The fourth-order valence-electron chi connectivity index (χ4n) is 4.34. The Morgan fingerprint density at radius 1 is 0.895 bits per heavy atom. The predicted octanol–water partition coefficient (Wildman–Crippen LogP) is 5.63. The van der Waals surface area contributed by atoms with Crippen LogP contribution in [0, 0.1) is 22.7 Å². The summed E-state index contributed by atoms with van der Waals surface area (Å²) in [5.74, 6) is 0.893. The molecule has 0 saturated carbocycles. The average Bonchev–Trinajstić information content (AvgIpc) is 3.08. The Morgan fingerprint density at radius 2 is 1.74 bits per heavy atom. The van der Waals surface area contributed by atoms with E-state index in [4.69, 9.17) is 14.7 Å². The average molecular weight is 502 g/mol. The molecular weight excluding hydrogens is 478 g/mol. The van der Waals surface area contributed by atoms with Gasteiger partial charge in [-0.1, -0.05) is 24.3 Å². The number of carbonyl (C=O) groups excluding carboxylic acids is 1. The van der Waals surface area contributed by atoms with Crippen molar-refractivity contribution in [2.24, 2.45) is 0 Å². The minimum absolute atomic E-state index is 0.206. The largest absolute Gasteiger partial charge is 0.496 e. The Hall–Kier alpha value is -5.34. The van der Waals surface area contributed by atoms with Crippen molar-refractivity contribution in [3.05, 3.63) is 95.3 Å². The van der Waals surface area contributed by atoms with Crippen LogP contribution >= 0.6 is 0 Å². The molecular formula is C30H23N5O3. The minimum Gasteiger partial charge on any atom is -0.496 e. The minimum atomic E-state index is -0.206. The molecule has 0 fully saturated rings. The molecule has 3 aromatic carbocycles. The lowest BCUT2D eigenvalue weighted by atomic mass is 9.99. The van der Waals surface area contributed by atoms with Crippen molar-refractivity contribution in [1.82, 2.24) is 4.98 Å². The Morgan fingerprint density at radius 3 is 2.55 bits per heavy atom. The number of hydrogen-bond donors (Lipinski definition) is 2. The SMILES string of the molecule is COc1cc(-c2ccc3c(c2)Nc2ccc(CCOc4cccnc4C#N)cc2NC3=O)ccc1CC#N. The molecule has 186 valence electrons. The second-order valence-electron chi connectivity index (χ2n) is 8.64. The molecule has 8 nitrogen and oxygen atoms in total. The van der Waals surface area contributed by atoms with Crippen molar-refractivity contribution in [1.29, 1.82) is 10.5 Å². The van der Waals surface area contributed by atoms with Gasteiger partial charge in [0.25, 0.3) is 5.91 Å². The zero-order valence-electron chi connectivity index (χ0n) is 20.6. The summed E-state index contributed by atoms with van der Waals surface area (Å²) in [5, 5.41) is 24.6. The molecule has 0 radical (unpaired) electrons. The number of aromatic nitrogens is 1. The molecule has 1 aromatic heterocycles. The van der Waals surface area contributed by atoms with Crippen LogP contribution in [0.4, 0.5) is 17.1 Å². The molecule has 4 aromatic rings. The van der Waals surface area contributed by atoms with Gasteiger partial charge in [-0.3, -0.25) is 4.79 Å². The monoisotopic (exact) mass is 501 g/mol. The predicted molar refractivity (Wildman–Crippen MR) is 144 cm³/mol. The molecule has 0 aliphatic carbocycles. The number of rotatable bonds is 7. The quantitative estimate of drug-likeness (QED) is 0.337. The van der Waals surface area contributed by atoms with E-state index in [1.165, 1.54) is 0 Å². The molecule has 1 aliphatic heterocycles. The number of ether oxygens (including phenoxy) is 2. The zero-order valence-corrected chi connectivity index (χ0v) is 20.6. The number of hydrogen-bond acceptors (Lipinski definition) is 7. The summed E-state index contributed by atoms with van der Waals surface area (Å²) in [6.45, 7) is 0.362. The van der Waals surface area contributed by atoms with E-state index < -0.39 is 0 Å². The van der Waals surface area contributed by atoms with Crippen molar-refractivity contribution in [3.8, 4) is 34.8 Å². The van der Waals surface area contributed by atoms with Crippen LogP contribution in [-0.4, -0.2) is 24.6 Å². The van der Waals surface area contributed by atoms with Gasteiger partial charge in [-0.05, 0) is 59.2 Å². The van der Waals surface area contributed by atoms with Crippen LogP contribution in [0.1, 0.15) is 27.2 Å². The van der Waals surface area contributed by atoms with Crippen LogP contribution in [-0.2, 0) is 12.8 Å². The highest BCUT2D eigenvalue weighted by Crippen LogP contribution is 2.36. The van der Waals surface area contributed by atoms with Crippen LogP contribution < -0.4 is 20.1 Å². The molecule has 2 heterocycles. The molecule has 5 rings (SSSR count). The van der Waals surface area contributed by atoms with E-state index in [0.29, 0.717) is 41.5 Å². The number of methoxy groups -OCH3 is 1. The first-order valence-electron chi connectivity index (χ1n) is 12.0. The van der Waals surface area contributed by atoms with Crippen molar-refractivity contribution in [2.75, 3.05) is 24.4 Å². The van der Waals surface area contributed by atoms with Gasteiger partial charge >= 0.3 is 0 Å². The fraction of sp³-hybridized carbons (Fsp3) is 0.133. The molecule has 2 N–H and O–H groups in total. The summed E-state index contributed by atoms with van der Waals surface area (Å²) >= 11 is 0. The van der Waals surface area contributed by atoms with Crippen LogP contribution in [0.2, 0.25) is 0 Å². The standard InChI is InChI=1S/C30H23N5O3/c1-37-29-17-22(6-5-20(29)10-12-31)21-7-8-23-25(16-21)34-24-9-4-19(15-26(24)35-30(23)36)11-14-38-28-3-2-13-33-27(28)18-32/h2-9,13,15-17,34H,10-11,14H2,1H3,(H,35,36). The first kappa shape index (κ1) is 24.4. The highest BCUT2D eigenvalue weighted by Gasteiger charge is 2.20. The molecule has 0 unspecified atom stereocenters. The van der Waals surface area contributed by atoms with Crippen LogP contribution in [0.15, 0.2) is 72.9 Å². The van der Waals surface area contributed by atoms with Gasteiger partial charge < -0.3 is 20.1 Å². The zero-order chi connectivity index (χ0) is 26.5. The lowest BCUT2D eigenvalue weighted by Crippen LogP contribution is -2.11. The van der Waals surface area contributed by atoms with Gasteiger partial charge in [-0.25, -0.2) is 4.98 Å². The number of nitriles is 2. The summed E-state index contributed by atoms with van der Waals surface area (Å²) < 4.78 is 11.2. The maximum absolute atomic E-state index is 13.0. The van der Waals surface area contributed by atoms with E-state index >= 15 is 0 Å². The number of fused-ring (bicyclic) bond motifs is 2. The fourth-order valence-corrected chi connectivity index (χ4v) is 4.34. The number of carbonyl (C=O) groups is 1. The summed E-state index contributed by atoms with van der Waals surface area (Å²) in [5.41, 5.74) is 6.55. The van der Waals surface area contributed by atoms with Crippen LogP contribution in [0.25, 0.3) is 11.1 Å². The van der Waals surface area contributed by atoms with E-state index in [9.17, 15) is 10.1 Å². The summed E-state index contributed by atoms with van der Waals surface area (Å²) in [6.07, 6.45) is 2.41. The van der Waals surface area contributed by atoms with E-state index in [0.717, 1.165) is 27.9 Å². The summed E-state index contributed by atoms with van der Waals surface area (Å²) in [6, 6.07) is 24.8. The molecule has 0 spiro atoms. The number of nitrogens with one attached hydrogen (secondary N) is 2. The Kier molecular flexibility index (Phi) is 6.88. The van der Waals surface area contributed by atoms with Gasteiger partial charge in [0.05, 0.1) is 48.8 Å². The summed E-state index contributed by atoms with van der Waals surface area (Å²) in [4.78, 5) is 17.1. The van der Waals surface area contributed by atoms with Crippen molar-refractivity contribution in [3.63, 3.8) is 0 Å². The van der Waals surface area contributed by atoms with E-state index in [2.05, 4.69) is 21.7 Å². The molecule has 0 saturated heterocycles. The molecule has 8 heteroatoms. The second kappa shape index (κ2) is 10.7. The van der Waals surface area contributed by atoms with Crippen LogP contribution in [0.5, 0.6) is 11.5 Å². The Bertz CT molecular complexity index is 1620. The third-order valence-corrected chi connectivity index (χ3v) is 6.28. The van der Waals surface area contributed by atoms with Gasteiger partial charge in [0.1, 0.15) is 11.8 Å². The lowest BCUT2D eigenvalue weighted by molar-refractivity contribution is 0.102. The Balaban J connectivity index is 1.36. The highest BCUT2D eigenvalue weighted by molar-refractivity contribution is 6.12. The lowest BCUT2D eigenvalue weighted by Gasteiger charge is -2.13. The number of amides is 1. The number of benzene rings is 3. The highest BCUT2D eigenvalue weighted by atomic mass is 16.5. The van der Waals surface area contributed by atoms with E-state index in [1.807, 2.05) is 54.6 Å². The van der Waals surface area contributed by atoms with Gasteiger partial charge in [0.15, 0.2) is 11.4 Å². The van der Waals surface area contributed by atoms with Crippen LogP contribution in [0.3, 0.4) is 0 Å². The van der Waals surface area contributed by atoms with Gasteiger partial charge in [-0.2, -0.15) is 10.5 Å². The van der Waals surface area contributed by atoms with E-state index in [-0.39, 0.29) is 18.0 Å². The summed E-state index contributed by atoms with van der Waals surface area (Å²) in [7, 11) is 1.59. The molecule has 0 bridgehead atoms. The third kappa shape index (κ3) is 4.97. The molecule has 1 aliphatic rings. The van der Waals surface area contributed by atoms with Crippen molar-refractivity contribution >= 4 is 23.0 Å². The van der Waals surface area contributed by atoms with Gasteiger partial charge in [-0.15, -0.1) is 0 Å². The Labute approximate surface area is 220 Å². The first-order valence-corrected chi connectivity index (χ1v) is 12.0. The smallest absolute Gasteiger partial charge is 0.257 e. The molecule has 0 atom stereocenters. The van der Waals surface area contributed by atoms with Gasteiger partial charge in [0.2, 0.25) is 0 Å². The number of anilines is 3. The first-order chi connectivity index (χ1) is 18.6. The van der Waals surface area contributed by atoms with Crippen molar-refractivity contribution in [2.45, 2.75) is 12.8 Å². The molecule has 1 amide bonds. The maximum atomic E-state index is 13.0. The van der Waals surface area contributed by atoms with Crippen molar-refractivity contribution < 1.29 is 14.3 Å². The molecule has 38 heavy (non-hydrogen) atoms. The van der Waals surface area contributed by atoms with Gasteiger partial charge in [0, 0.05) is 18.2 Å². The normalized spacial score (nSPS) is 11.5. The number of nitrogens with zero attached hydrogens (tertiary/aromatic N) is 3. The second-order valence-corrected chi connectivity index (χ2v) is 8.64. The third-order valence-electron chi connectivity index (χ3n) is 6.28. The topological polar surface area (TPSA) is 120 Å². The van der Waals surface area contributed by atoms with E-state index in [1.54, 1.807) is 31.5 Å².